The van der Waals surface area contributed by atoms with Crippen molar-refractivity contribution < 1.29 is 22.6 Å². The zero-order chi connectivity index (χ0) is 22.1. The minimum absolute atomic E-state index is 0.145. The van der Waals surface area contributed by atoms with Gasteiger partial charge in [-0.2, -0.15) is 0 Å². The van der Waals surface area contributed by atoms with E-state index in [4.69, 9.17) is 14.2 Å². The molecular weight excluding hydrogens is 408 g/mol. The standard InChI is InChI=1S/C20H34N4O5S/c1-6-30(25,26)24-11-8-15(9-12-24)23-20(21-2)22-10-7-17-18(28-4)13-16(27-3)14-19(17)29-5/h13-15H,6-12H2,1-5H3,(H2,21,22,23). The summed E-state index contributed by atoms with van der Waals surface area (Å²) in [5.41, 5.74) is 0.946. The Labute approximate surface area is 179 Å². The molecular formula is C20H34N4O5S. The second-order valence-corrected chi connectivity index (χ2v) is 9.24. The van der Waals surface area contributed by atoms with Crippen LogP contribution in [0.5, 0.6) is 17.2 Å². The number of nitrogens with zero attached hydrogens (tertiary/aromatic N) is 2. The van der Waals surface area contributed by atoms with Crippen LogP contribution in [0.4, 0.5) is 0 Å². The highest BCUT2D eigenvalue weighted by Gasteiger charge is 2.27. The molecule has 9 nitrogen and oxygen atoms in total. The fraction of sp³-hybridized carbons (Fsp3) is 0.650. The fourth-order valence-corrected chi connectivity index (χ4v) is 4.61. The summed E-state index contributed by atoms with van der Waals surface area (Å²) >= 11 is 0. The Bertz CT molecular complexity index is 795. The average Bonchev–Trinajstić information content (AvgIpc) is 2.78. The Morgan fingerprint density at radius 2 is 1.73 bits per heavy atom. The van der Waals surface area contributed by atoms with Gasteiger partial charge in [0.15, 0.2) is 5.96 Å². The fourth-order valence-electron chi connectivity index (χ4n) is 3.48. The largest absolute Gasteiger partial charge is 0.496 e. The first-order chi connectivity index (χ1) is 14.4. The van der Waals surface area contributed by atoms with Crippen LogP contribution >= 0.6 is 0 Å². The molecule has 1 aliphatic heterocycles. The molecule has 2 rings (SSSR count). The zero-order valence-electron chi connectivity index (χ0n) is 18.5. The van der Waals surface area contributed by atoms with Gasteiger partial charge >= 0.3 is 0 Å². The summed E-state index contributed by atoms with van der Waals surface area (Å²) in [7, 11) is 3.46. The van der Waals surface area contributed by atoms with Gasteiger partial charge in [0.1, 0.15) is 17.2 Å². The number of hydrogen-bond donors (Lipinski definition) is 2. The molecule has 0 saturated carbocycles. The monoisotopic (exact) mass is 442 g/mol. The minimum Gasteiger partial charge on any atom is -0.496 e. The van der Waals surface area contributed by atoms with Crippen molar-refractivity contribution in [1.29, 1.82) is 0 Å². The summed E-state index contributed by atoms with van der Waals surface area (Å²) in [4.78, 5) is 4.29. The molecule has 2 N–H and O–H groups in total. The van der Waals surface area contributed by atoms with E-state index in [0.717, 1.165) is 18.4 Å². The van der Waals surface area contributed by atoms with Crippen molar-refractivity contribution in [2.75, 3.05) is 53.8 Å². The van der Waals surface area contributed by atoms with Gasteiger partial charge in [0.25, 0.3) is 0 Å². The molecule has 1 aromatic carbocycles. The molecule has 0 aliphatic carbocycles. The van der Waals surface area contributed by atoms with Gasteiger partial charge in [-0.3, -0.25) is 4.99 Å². The van der Waals surface area contributed by atoms with Gasteiger partial charge in [-0.1, -0.05) is 0 Å². The Morgan fingerprint density at radius 1 is 1.13 bits per heavy atom. The maximum absolute atomic E-state index is 12.0. The summed E-state index contributed by atoms with van der Waals surface area (Å²) in [6.45, 7) is 3.37. The Hall–Kier alpha value is -2.20. The molecule has 0 amide bonds. The van der Waals surface area contributed by atoms with Crippen molar-refractivity contribution in [2.45, 2.75) is 32.2 Å². The SMILES string of the molecule is CCS(=O)(=O)N1CCC(NC(=NC)NCCc2c(OC)cc(OC)cc2OC)CC1. The maximum atomic E-state index is 12.0. The number of methoxy groups -OCH3 is 3. The first-order valence-electron chi connectivity index (χ1n) is 10.1. The van der Waals surface area contributed by atoms with Gasteiger partial charge in [-0.05, 0) is 26.2 Å². The molecule has 10 heteroatoms. The molecule has 1 aromatic rings. The van der Waals surface area contributed by atoms with Gasteiger partial charge in [-0.15, -0.1) is 0 Å². The van der Waals surface area contributed by atoms with Crippen LogP contribution in [-0.2, 0) is 16.4 Å². The van der Waals surface area contributed by atoms with Gasteiger partial charge in [-0.25, -0.2) is 12.7 Å². The van der Waals surface area contributed by atoms with Crippen LogP contribution in [0.2, 0.25) is 0 Å². The summed E-state index contributed by atoms with van der Waals surface area (Å²) in [5, 5.41) is 6.71. The van der Waals surface area contributed by atoms with Crippen LogP contribution in [0.15, 0.2) is 17.1 Å². The number of ether oxygens (including phenoxy) is 3. The Balaban J connectivity index is 1.90. The predicted molar refractivity (Wildman–Crippen MR) is 118 cm³/mol. The molecule has 0 spiro atoms. The van der Waals surface area contributed by atoms with E-state index in [9.17, 15) is 8.42 Å². The Kier molecular flexibility index (Phi) is 9.04. The number of aliphatic imine (C=N–C) groups is 1. The average molecular weight is 443 g/mol. The highest BCUT2D eigenvalue weighted by atomic mass is 32.2. The van der Waals surface area contributed by atoms with Crippen LogP contribution in [0.25, 0.3) is 0 Å². The van der Waals surface area contributed by atoms with Crippen LogP contribution < -0.4 is 24.8 Å². The maximum Gasteiger partial charge on any atom is 0.213 e. The summed E-state index contributed by atoms with van der Waals surface area (Å²) in [6.07, 6.45) is 2.17. The van der Waals surface area contributed by atoms with E-state index in [-0.39, 0.29) is 11.8 Å². The molecule has 1 saturated heterocycles. The lowest BCUT2D eigenvalue weighted by Gasteiger charge is -2.32. The highest BCUT2D eigenvalue weighted by molar-refractivity contribution is 7.89. The van der Waals surface area contributed by atoms with Gasteiger partial charge < -0.3 is 24.8 Å². The second-order valence-electron chi connectivity index (χ2n) is 6.98. The molecule has 1 heterocycles. The van der Waals surface area contributed by atoms with Crippen LogP contribution in [0.3, 0.4) is 0 Å². The molecule has 1 fully saturated rings. The molecule has 30 heavy (non-hydrogen) atoms. The van der Waals surface area contributed by atoms with E-state index in [2.05, 4.69) is 15.6 Å². The summed E-state index contributed by atoms with van der Waals surface area (Å²) in [6, 6.07) is 3.86. The first kappa shape index (κ1) is 24.1. The lowest BCUT2D eigenvalue weighted by Crippen LogP contribution is -2.50. The highest BCUT2D eigenvalue weighted by Crippen LogP contribution is 2.34. The van der Waals surface area contributed by atoms with E-state index in [1.54, 1.807) is 39.6 Å². The van der Waals surface area contributed by atoms with E-state index >= 15 is 0 Å². The quantitative estimate of drug-likeness (QED) is 0.438. The number of hydrogen-bond acceptors (Lipinski definition) is 6. The molecule has 1 aliphatic rings. The van der Waals surface area contributed by atoms with Crippen molar-refractivity contribution in [1.82, 2.24) is 14.9 Å². The molecule has 0 bridgehead atoms. The minimum atomic E-state index is -3.11. The molecule has 0 aromatic heterocycles. The number of sulfonamides is 1. The van der Waals surface area contributed by atoms with Crippen molar-refractivity contribution in [3.8, 4) is 17.2 Å². The number of rotatable bonds is 9. The first-order valence-corrected chi connectivity index (χ1v) is 11.7. The van der Waals surface area contributed by atoms with Crippen molar-refractivity contribution in [3.63, 3.8) is 0 Å². The molecule has 0 radical (unpaired) electrons. The Morgan fingerprint density at radius 3 is 2.20 bits per heavy atom. The number of nitrogens with one attached hydrogen (secondary N) is 2. The van der Waals surface area contributed by atoms with Crippen LogP contribution in [-0.4, -0.2) is 78.5 Å². The molecule has 0 unspecified atom stereocenters. The van der Waals surface area contributed by atoms with Crippen LogP contribution in [0, 0.1) is 0 Å². The number of benzene rings is 1. The third-order valence-electron chi connectivity index (χ3n) is 5.26. The third-order valence-corrected chi connectivity index (χ3v) is 7.14. The van der Waals surface area contributed by atoms with Crippen LogP contribution in [0.1, 0.15) is 25.3 Å². The summed E-state index contributed by atoms with van der Waals surface area (Å²) < 4.78 is 41.9. The van der Waals surface area contributed by atoms with E-state index in [0.29, 0.717) is 49.3 Å². The zero-order valence-corrected chi connectivity index (χ0v) is 19.3. The summed E-state index contributed by atoms with van der Waals surface area (Å²) in [5.74, 6) is 2.93. The van der Waals surface area contributed by atoms with Crippen molar-refractivity contribution in [3.05, 3.63) is 17.7 Å². The molecule has 170 valence electrons. The number of piperidine rings is 1. The van der Waals surface area contributed by atoms with Gasteiger partial charge in [0.05, 0.1) is 27.1 Å². The number of guanidine groups is 1. The van der Waals surface area contributed by atoms with Crippen molar-refractivity contribution >= 4 is 16.0 Å². The smallest absolute Gasteiger partial charge is 0.213 e. The lowest BCUT2D eigenvalue weighted by atomic mass is 10.1. The molecule has 0 atom stereocenters. The third kappa shape index (κ3) is 6.15. The lowest BCUT2D eigenvalue weighted by molar-refractivity contribution is 0.306. The van der Waals surface area contributed by atoms with Gasteiger partial charge in [0.2, 0.25) is 10.0 Å². The van der Waals surface area contributed by atoms with E-state index < -0.39 is 10.0 Å². The normalized spacial score (nSPS) is 16.2. The van der Waals surface area contributed by atoms with Crippen molar-refractivity contribution in [2.24, 2.45) is 4.99 Å². The van der Waals surface area contributed by atoms with E-state index in [1.807, 2.05) is 12.1 Å². The predicted octanol–water partition coefficient (Wildman–Crippen LogP) is 1.23. The topological polar surface area (TPSA) is 101 Å². The second kappa shape index (κ2) is 11.3. The van der Waals surface area contributed by atoms with E-state index in [1.165, 1.54) is 0 Å². The van der Waals surface area contributed by atoms with Gasteiger partial charge in [0, 0.05) is 50.4 Å².